The number of aromatic nitrogens is 6. The van der Waals surface area contributed by atoms with E-state index in [1.807, 2.05) is 150 Å². The number of nitrogens with zero attached hydrogens (tertiary/aromatic N) is 7. The molecule has 0 radical (unpaired) electrons. The molecule has 9 rings (SSSR count). The quantitative estimate of drug-likeness (QED) is 0.0810. The first kappa shape index (κ1) is 46.5. The third-order valence-electron chi connectivity index (χ3n) is 10.1. The molecule has 0 amide bonds. The summed E-state index contributed by atoms with van der Waals surface area (Å²) in [5.74, 6) is 1.72. The molecule has 3 heterocycles. The number of imidazole rings is 2. The van der Waals surface area contributed by atoms with Crippen molar-refractivity contribution in [3.8, 4) is 56.4 Å². The van der Waals surface area contributed by atoms with Gasteiger partial charge in [0.2, 0.25) is 5.95 Å². The van der Waals surface area contributed by atoms with Crippen LogP contribution in [0.25, 0.3) is 67.0 Å². The summed E-state index contributed by atoms with van der Waals surface area (Å²) in [6.45, 7) is 0. The molecule has 2 N–H and O–H groups in total. The van der Waals surface area contributed by atoms with Crippen molar-refractivity contribution >= 4 is 66.9 Å². The van der Waals surface area contributed by atoms with Gasteiger partial charge in [0.1, 0.15) is 24.2 Å². The highest BCUT2D eigenvalue weighted by atomic mass is 35.5. The number of allylic oxidation sites excluding steroid dienone is 1. The minimum absolute atomic E-state index is 0. The van der Waals surface area contributed by atoms with Crippen LogP contribution in [0.3, 0.4) is 0 Å². The lowest BCUT2D eigenvalue weighted by Crippen LogP contribution is -2.03. The summed E-state index contributed by atoms with van der Waals surface area (Å²) in [4.78, 5) is 31.6. The maximum atomic E-state index is 12.4. The highest BCUT2D eigenvalue weighted by Gasteiger charge is 2.14. The van der Waals surface area contributed by atoms with Gasteiger partial charge in [0.25, 0.3) is 0 Å². The molecule has 0 spiro atoms. The zero-order chi connectivity index (χ0) is 43.3. The van der Waals surface area contributed by atoms with Gasteiger partial charge in [-0.25, -0.2) is 19.9 Å². The number of hydrogen-bond acceptors (Lipinski definition) is 9. The number of carbonyl (C=O) groups excluding carboxylic acids is 1. The Bertz CT molecular complexity index is 3130. The van der Waals surface area contributed by atoms with E-state index in [2.05, 4.69) is 32.1 Å². The SMILES string of the molecule is C.COc1ccc(Cl)cc1-c1cccc(-n2cnc3cc(-c4ccnc(N)n4)ccc32)c1.COc1ccc(Cl)cc1-c1cccc(-n2cnc3cc(C(=O)/C=C/N(C)C)ccc32)c1.P. The number of anilines is 1. The lowest BCUT2D eigenvalue weighted by atomic mass is 10.0. The van der Waals surface area contributed by atoms with Gasteiger partial charge in [0.05, 0.1) is 42.0 Å². The van der Waals surface area contributed by atoms with Crippen molar-refractivity contribution in [2.75, 3.05) is 34.0 Å². The molecule has 6 aromatic carbocycles. The van der Waals surface area contributed by atoms with Gasteiger partial charge in [0.15, 0.2) is 5.78 Å². The number of fused-ring (bicyclic) bond motifs is 2. The first-order chi connectivity index (χ1) is 30.1. The number of nitrogens with two attached hydrogens (primary N) is 1. The highest BCUT2D eigenvalue weighted by molar-refractivity contribution is 6.92. The monoisotopic (exact) mass is 908 g/mol. The van der Waals surface area contributed by atoms with Crippen LogP contribution in [0.1, 0.15) is 17.8 Å². The van der Waals surface area contributed by atoms with E-state index in [-0.39, 0.29) is 29.1 Å². The second-order valence-corrected chi connectivity index (χ2v) is 15.2. The molecule has 14 heteroatoms. The van der Waals surface area contributed by atoms with Crippen molar-refractivity contribution < 1.29 is 14.3 Å². The molecule has 0 saturated heterocycles. The summed E-state index contributed by atoms with van der Waals surface area (Å²) < 4.78 is 15.1. The Balaban J connectivity index is 0.000000206. The van der Waals surface area contributed by atoms with Gasteiger partial charge in [-0.1, -0.05) is 61.0 Å². The number of methoxy groups -OCH3 is 2. The van der Waals surface area contributed by atoms with Gasteiger partial charge >= 0.3 is 0 Å². The Labute approximate surface area is 385 Å². The van der Waals surface area contributed by atoms with Crippen LogP contribution >= 0.6 is 33.1 Å². The van der Waals surface area contributed by atoms with Crippen LogP contribution in [0, 0.1) is 0 Å². The number of hydrogen-bond donors (Lipinski definition) is 1. The maximum Gasteiger partial charge on any atom is 0.220 e. The molecular formula is C50H47Cl2N8O3P. The Kier molecular flexibility index (Phi) is 14.8. The summed E-state index contributed by atoms with van der Waals surface area (Å²) in [6.07, 6.45) is 8.52. The minimum Gasteiger partial charge on any atom is -0.496 e. The van der Waals surface area contributed by atoms with Crippen LogP contribution < -0.4 is 15.2 Å². The van der Waals surface area contributed by atoms with Gasteiger partial charge in [-0.15, -0.1) is 0 Å². The predicted octanol–water partition coefficient (Wildman–Crippen LogP) is 11.7. The molecule has 1 atom stereocenters. The first-order valence-electron chi connectivity index (χ1n) is 19.4. The van der Waals surface area contributed by atoms with E-state index in [0.29, 0.717) is 15.6 Å². The molecule has 1 unspecified atom stereocenters. The molecule has 0 saturated carbocycles. The van der Waals surface area contributed by atoms with E-state index in [1.165, 1.54) is 0 Å². The maximum absolute atomic E-state index is 12.4. The van der Waals surface area contributed by atoms with E-state index in [0.717, 1.165) is 78.5 Å². The fourth-order valence-electron chi connectivity index (χ4n) is 7.06. The number of nitrogen functional groups attached to an aromatic ring is 1. The van der Waals surface area contributed by atoms with Crippen LogP contribution in [0.4, 0.5) is 5.95 Å². The van der Waals surface area contributed by atoms with Crippen molar-refractivity contribution in [3.63, 3.8) is 0 Å². The van der Waals surface area contributed by atoms with Crippen LogP contribution in [0.5, 0.6) is 11.5 Å². The van der Waals surface area contributed by atoms with Crippen molar-refractivity contribution in [1.29, 1.82) is 0 Å². The van der Waals surface area contributed by atoms with E-state index >= 15 is 0 Å². The molecule has 0 aliphatic heterocycles. The summed E-state index contributed by atoms with van der Waals surface area (Å²) in [5, 5.41) is 1.31. The molecule has 3 aromatic heterocycles. The number of ether oxygens (including phenoxy) is 2. The van der Waals surface area contributed by atoms with Crippen LogP contribution in [-0.2, 0) is 0 Å². The second-order valence-electron chi connectivity index (χ2n) is 14.4. The molecule has 0 bridgehead atoms. The Morgan fingerprint density at radius 2 is 1.20 bits per heavy atom. The summed E-state index contributed by atoms with van der Waals surface area (Å²) in [6, 6.07) is 40.9. The lowest BCUT2D eigenvalue weighted by molar-refractivity contribution is 0.104. The zero-order valence-electron chi connectivity index (χ0n) is 34.9. The predicted molar refractivity (Wildman–Crippen MR) is 267 cm³/mol. The van der Waals surface area contributed by atoms with Crippen molar-refractivity contribution in [2.45, 2.75) is 7.43 Å². The van der Waals surface area contributed by atoms with E-state index < -0.39 is 0 Å². The molecule has 9 aromatic rings. The molecule has 0 aliphatic carbocycles. The molecule has 324 valence electrons. The topological polar surface area (TPSA) is 126 Å². The molecule has 0 fully saturated rings. The van der Waals surface area contributed by atoms with Crippen LogP contribution in [-0.4, -0.2) is 68.1 Å². The number of halogens is 2. The fourth-order valence-corrected chi connectivity index (χ4v) is 7.40. The third kappa shape index (κ3) is 10.1. The van der Waals surface area contributed by atoms with Gasteiger partial charge in [-0.3, -0.25) is 13.9 Å². The number of rotatable bonds is 10. The molecule has 11 nitrogen and oxygen atoms in total. The molecular weight excluding hydrogens is 862 g/mol. The third-order valence-corrected chi connectivity index (χ3v) is 10.5. The normalized spacial score (nSPS) is 10.8. The number of carbonyl (C=O) groups is 1. The van der Waals surface area contributed by atoms with Crippen molar-refractivity contribution in [1.82, 2.24) is 34.0 Å². The van der Waals surface area contributed by atoms with E-state index in [1.54, 1.807) is 39.0 Å². The zero-order valence-corrected chi connectivity index (χ0v) is 37.8. The van der Waals surface area contributed by atoms with Gasteiger partial charge in [-0.2, -0.15) is 9.90 Å². The van der Waals surface area contributed by atoms with Gasteiger partial charge in [-0.05, 0) is 108 Å². The second kappa shape index (κ2) is 20.4. The largest absolute Gasteiger partial charge is 0.496 e. The smallest absolute Gasteiger partial charge is 0.220 e. The Morgan fingerprint density at radius 1 is 0.656 bits per heavy atom. The van der Waals surface area contributed by atoms with E-state index in [9.17, 15) is 4.79 Å². The number of benzene rings is 6. The minimum atomic E-state index is -0.0554. The van der Waals surface area contributed by atoms with Crippen LogP contribution in [0.15, 0.2) is 159 Å². The standard InChI is InChI=1S/C25H22ClN3O2.C24H18ClN5O.CH4.H3P/c1-28(2)12-11-24(30)18-7-9-23-22(14-18)27-16-29(23)20-6-4-5-17(13-20)21-15-19(26)8-10-25(21)31-3;1-31-23-8-6-17(25)13-19(23)15-3-2-4-18(11-15)30-14-28-21-12-16(5-7-22(21)30)20-9-10-27-24(26)29-20;;/h4-16H,1-3H3;2-14H,1H3,(H2,26,27,29);1H4;1H3/b12-11+;;;. The summed E-state index contributed by atoms with van der Waals surface area (Å²) in [7, 11) is 7.05. The highest BCUT2D eigenvalue weighted by Crippen LogP contribution is 2.36. The van der Waals surface area contributed by atoms with Crippen molar-refractivity contribution in [2.24, 2.45) is 0 Å². The van der Waals surface area contributed by atoms with Crippen LogP contribution in [0.2, 0.25) is 10.0 Å². The van der Waals surface area contributed by atoms with Gasteiger partial charge in [0, 0.05) is 76.2 Å². The number of ketones is 1. The summed E-state index contributed by atoms with van der Waals surface area (Å²) in [5.41, 5.74) is 17.3. The Morgan fingerprint density at radius 3 is 1.73 bits per heavy atom. The average Bonchev–Trinajstić information content (AvgIpc) is 3.93. The average molecular weight is 910 g/mol. The Hall–Kier alpha value is -7.04. The lowest BCUT2D eigenvalue weighted by Gasteiger charge is -2.11. The van der Waals surface area contributed by atoms with Gasteiger partial charge < -0.3 is 20.1 Å². The van der Waals surface area contributed by atoms with E-state index in [4.69, 9.17) is 38.4 Å². The first-order valence-corrected chi connectivity index (χ1v) is 20.1. The fraction of sp³-hybridized carbons (Fsp3) is 0.100. The molecule has 64 heavy (non-hydrogen) atoms. The summed E-state index contributed by atoms with van der Waals surface area (Å²) >= 11 is 12.4. The molecule has 0 aliphatic rings. The van der Waals surface area contributed by atoms with Crippen molar-refractivity contribution in [3.05, 3.63) is 174 Å².